The van der Waals surface area contributed by atoms with E-state index in [4.69, 9.17) is 0 Å². The van der Waals surface area contributed by atoms with Gasteiger partial charge in [0, 0.05) is 0 Å². The van der Waals surface area contributed by atoms with Crippen LogP contribution in [0.1, 0.15) is 83.1 Å². The second-order valence-electron chi connectivity index (χ2n) is 11.2. The summed E-state index contributed by atoms with van der Waals surface area (Å²) in [6.07, 6.45) is 0. The SMILES string of the molecule is CC(C)(C)P(PP(Pc1ccccc1)P(C(C)(C)C)C(C)(C)C)C(C)(C)C. The number of rotatable bonds is 5. The first-order chi connectivity index (χ1) is 11.9. The van der Waals surface area contributed by atoms with Crippen molar-refractivity contribution in [1.82, 2.24) is 0 Å². The molecule has 0 amide bonds. The van der Waals surface area contributed by atoms with Crippen LogP contribution in [0.25, 0.3) is 0 Å². The minimum atomic E-state index is -0.0510. The van der Waals surface area contributed by atoms with Gasteiger partial charge in [-0.05, 0) is 32.9 Å². The summed E-state index contributed by atoms with van der Waals surface area (Å²) in [7, 11) is 2.06. The highest BCUT2D eigenvalue weighted by Crippen LogP contribution is 3.01. The molecule has 1 rings (SSSR count). The monoisotopic (exact) mass is 462 g/mol. The Labute approximate surface area is 177 Å². The van der Waals surface area contributed by atoms with E-state index in [2.05, 4.69) is 113 Å². The summed E-state index contributed by atoms with van der Waals surface area (Å²) < 4.78 is 0. The largest absolute Gasteiger partial charge is 0.0680 e. The van der Waals surface area contributed by atoms with E-state index in [0.717, 1.165) is 16.2 Å². The molecule has 0 saturated carbocycles. The molecule has 27 heavy (non-hydrogen) atoms. The second kappa shape index (κ2) is 9.67. The fraction of sp³-hybridized carbons (Fsp3) is 0.727. The van der Waals surface area contributed by atoms with Gasteiger partial charge in [0.25, 0.3) is 0 Å². The van der Waals surface area contributed by atoms with Crippen LogP contribution in [0.15, 0.2) is 30.3 Å². The van der Waals surface area contributed by atoms with Gasteiger partial charge in [0.05, 0.1) is 0 Å². The van der Waals surface area contributed by atoms with E-state index in [1.807, 2.05) is 0 Å². The molecule has 1 aromatic carbocycles. The maximum absolute atomic E-state index is 2.51. The van der Waals surface area contributed by atoms with Crippen LogP contribution < -0.4 is 5.30 Å². The Bertz CT molecular complexity index is 542. The molecule has 1 aromatic rings. The maximum Gasteiger partial charge on any atom is -0.0130 e. The smallest absolute Gasteiger partial charge is 0.0130 e. The fourth-order valence-electron chi connectivity index (χ4n) is 3.76. The van der Waals surface area contributed by atoms with Crippen molar-refractivity contribution in [3.8, 4) is 0 Å². The van der Waals surface area contributed by atoms with Gasteiger partial charge >= 0.3 is 0 Å². The molecule has 0 aliphatic rings. The van der Waals surface area contributed by atoms with Crippen LogP contribution in [0.2, 0.25) is 0 Å². The molecule has 3 unspecified atom stereocenters. The van der Waals surface area contributed by atoms with Crippen LogP contribution in [0.4, 0.5) is 0 Å². The van der Waals surface area contributed by atoms with Crippen molar-refractivity contribution in [2.75, 3.05) is 0 Å². The van der Waals surface area contributed by atoms with Gasteiger partial charge in [0.2, 0.25) is 0 Å². The lowest BCUT2D eigenvalue weighted by Gasteiger charge is -2.50. The van der Waals surface area contributed by atoms with Crippen molar-refractivity contribution in [3.63, 3.8) is 0 Å². The molecule has 3 atom stereocenters. The van der Waals surface area contributed by atoms with Gasteiger partial charge in [-0.2, -0.15) is 0 Å². The summed E-state index contributed by atoms with van der Waals surface area (Å²) in [4.78, 5) is 0. The van der Waals surface area contributed by atoms with Gasteiger partial charge in [-0.1, -0.05) is 145 Å². The first-order valence-corrected chi connectivity index (χ1v) is 19.2. The van der Waals surface area contributed by atoms with E-state index in [0.29, 0.717) is 20.6 Å². The third kappa shape index (κ3) is 8.56. The van der Waals surface area contributed by atoms with Crippen LogP contribution in [-0.4, -0.2) is 20.6 Å². The van der Waals surface area contributed by atoms with E-state index in [1.165, 1.54) is 0 Å². The predicted octanol–water partition coefficient (Wildman–Crippen LogP) is 9.97. The molecule has 0 fully saturated rings. The molecule has 0 saturated heterocycles. The van der Waals surface area contributed by atoms with E-state index in [9.17, 15) is 0 Å². The summed E-state index contributed by atoms with van der Waals surface area (Å²) >= 11 is 0. The molecule has 0 N–H and O–H groups in total. The molecule has 0 radical (unpaired) electrons. The summed E-state index contributed by atoms with van der Waals surface area (Å²) in [5.74, 6) is 0. The number of hydrogen-bond acceptors (Lipinski definition) is 0. The highest BCUT2D eigenvalue weighted by molar-refractivity contribution is 8.88. The van der Waals surface area contributed by atoms with Crippen LogP contribution in [0, 0.1) is 0 Å². The average molecular weight is 462 g/mol. The van der Waals surface area contributed by atoms with Crippen molar-refractivity contribution in [2.45, 2.75) is 104 Å². The molecule has 0 aliphatic carbocycles. The minimum absolute atomic E-state index is 0.00476. The normalized spacial score (nSPS) is 16.4. The maximum atomic E-state index is 2.51. The molecular formula is C22H43P5. The molecule has 0 aliphatic heterocycles. The first kappa shape index (κ1) is 26.4. The zero-order chi connectivity index (χ0) is 21.3. The molecule has 0 spiro atoms. The topological polar surface area (TPSA) is 0 Å². The van der Waals surface area contributed by atoms with Gasteiger partial charge < -0.3 is 0 Å². The summed E-state index contributed by atoms with van der Waals surface area (Å²) in [6.45, 7) is 30.0. The molecule has 0 bridgehead atoms. The lowest BCUT2D eigenvalue weighted by molar-refractivity contribution is 0.719. The Kier molecular flexibility index (Phi) is 9.45. The van der Waals surface area contributed by atoms with E-state index in [1.54, 1.807) is 5.30 Å². The molecule has 0 nitrogen and oxygen atoms in total. The Morgan fingerprint density at radius 1 is 0.593 bits per heavy atom. The Morgan fingerprint density at radius 3 is 1.33 bits per heavy atom. The first-order valence-electron chi connectivity index (χ1n) is 9.93. The molecular weight excluding hydrogens is 419 g/mol. The number of hydrogen-bond donors (Lipinski definition) is 0. The lowest BCUT2D eigenvalue weighted by Crippen LogP contribution is -2.24. The molecule has 0 aromatic heterocycles. The van der Waals surface area contributed by atoms with E-state index in [-0.39, 0.29) is 22.2 Å². The van der Waals surface area contributed by atoms with Gasteiger partial charge in [-0.25, -0.2) is 0 Å². The average Bonchev–Trinajstić information content (AvgIpc) is 2.40. The Balaban J connectivity index is 3.40. The van der Waals surface area contributed by atoms with Gasteiger partial charge in [0.15, 0.2) is 0 Å². The highest BCUT2D eigenvalue weighted by Gasteiger charge is 2.44. The van der Waals surface area contributed by atoms with E-state index >= 15 is 0 Å². The summed E-state index contributed by atoms with van der Waals surface area (Å²) in [5.41, 5.74) is 0. The van der Waals surface area contributed by atoms with Crippen LogP contribution in [0.5, 0.6) is 0 Å². The third-order valence-electron chi connectivity index (χ3n) is 4.02. The Morgan fingerprint density at radius 2 is 1.00 bits per heavy atom. The van der Waals surface area contributed by atoms with Gasteiger partial charge in [0.1, 0.15) is 0 Å². The van der Waals surface area contributed by atoms with E-state index < -0.39 is 0 Å². The Hall–Kier alpha value is 1.37. The molecule has 0 heterocycles. The zero-order valence-electron chi connectivity index (χ0n) is 19.7. The standard InChI is InChI=1S/C22H43P5/c1-19(2,3)25(20(4,5)6)24-27(23-18-16-14-13-15-17-18)26(21(7,8)9)22(10,11)12/h13-17,23-24H,1-12H3. The zero-order valence-corrected chi connectivity index (χ0v) is 24.4. The van der Waals surface area contributed by atoms with Crippen LogP contribution in [-0.2, 0) is 0 Å². The lowest BCUT2D eigenvalue weighted by atomic mass is 10.2. The van der Waals surface area contributed by atoms with Gasteiger partial charge in [-0.3, -0.25) is 0 Å². The van der Waals surface area contributed by atoms with Crippen molar-refractivity contribution in [3.05, 3.63) is 30.3 Å². The van der Waals surface area contributed by atoms with Crippen molar-refractivity contribution in [1.29, 1.82) is 0 Å². The highest BCUT2D eigenvalue weighted by atomic mass is 32.8. The second-order valence-corrected chi connectivity index (χ2v) is 32.6. The van der Waals surface area contributed by atoms with Crippen LogP contribution in [0.3, 0.4) is 0 Å². The van der Waals surface area contributed by atoms with Gasteiger partial charge in [-0.15, -0.1) is 0 Å². The molecule has 156 valence electrons. The van der Waals surface area contributed by atoms with Crippen molar-refractivity contribution in [2.24, 2.45) is 0 Å². The van der Waals surface area contributed by atoms with Crippen molar-refractivity contribution >= 4 is 43.7 Å². The number of benzene rings is 1. The van der Waals surface area contributed by atoms with Crippen molar-refractivity contribution < 1.29 is 0 Å². The summed E-state index contributed by atoms with van der Waals surface area (Å²) in [5, 5.41) is 3.24. The minimum Gasteiger partial charge on any atom is -0.0680 e. The predicted molar refractivity (Wildman–Crippen MR) is 142 cm³/mol. The quantitative estimate of drug-likeness (QED) is 0.382. The summed E-state index contributed by atoms with van der Waals surface area (Å²) in [6, 6.07) is 11.4. The fourth-order valence-corrected chi connectivity index (χ4v) is 49.6. The molecule has 5 heteroatoms. The van der Waals surface area contributed by atoms with Crippen LogP contribution >= 0.6 is 38.4 Å². The third-order valence-corrected chi connectivity index (χ3v) is 36.4.